The minimum atomic E-state index is -0.942. The molecule has 8 nitrogen and oxygen atoms in total. The number of nitrogens with zero attached hydrogens (tertiary/aromatic N) is 3. The average molecular weight is 370 g/mol. The second-order valence-electron chi connectivity index (χ2n) is 7.33. The van der Waals surface area contributed by atoms with Gasteiger partial charge in [0.25, 0.3) is 0 Å². The number of hydrogen-bond donors (Lipinski definition) is 2. The molecular formula is C19H22N4O4. The Labute approximate surface area is 157 Å². The summed E-state index contributed by atoms with van der Waals surface area (Å²) in [6, 6.07) is 7.75. The van der Waals surface area contributed by atoms with Gasteiger partial charge < -0.3 is 20.2 Å². The molecule has 2 unspecified atom stereocenters. The SMILES string of the molecule is CC1(C(=O)O)CCN(C(=O)NC2CCCN(c3ccc(C#N)cc3)C2=O)C1. The average Bonchev–Trinajstić information content (AvgIpc) is 3.07. The van der Waals surface area contributed by atoms with E-state index in [-0.39, 0.29) is 12.5 Å². The second kappa shape index (κ2) is 7.27. The van der Waals surface area contributed by atoms with Gasteiger partial charge in [-0.05, 0) is 50.5 Å². The van der Waals surface area contributed by atoms with Crippen molar-refractivity contribution < 1.29 is 19.5 Å². The number of carbonyl (C=O) groups is 3. The molecule has 0 aliphatic carbocycles. The highest BCUT2D eigenvalue weighted by Gasteiger charge is 2.43. The van der Waals surface area contributed by atoms with Gasteiger partial charge >= 0.3 is 12.0 Å². The molecule has 2 N–H and O–H groups in total. The molecule has 1 aromatic rings. The highest BCUT2D eigenvalue weighted by atomic mass is 16.4. The van der Waals surface area contributed by atoms with E-state index in [1.165, 1.54) is 4.90 Å². The molecule has 0 bridgehead atoms. The Kier molecular flexibility index (Phi) is 5.04. The third-order valence-corrected chi connectivity index (χ3v) is 5.32. The number of carboxylic acids is 1. The number of rotatable bonds is 3. The third kappa shape index (κ3) is 3.72. The lowest BCUT2D eigenvalue weighted by atomic mass is 9.90. The summed E-state index contributed by atoms with van der Waals surface area (Å²) in [5.74, 6) is -1.11. The van der Waals surface area contributed by atoms with Crippen molar-refractivity contribution in [1.82, 2.24) is 10.2 Å². The quantitative estimate of drug-likeness (QED) is 0.838. The first kappa shape index (κ1) is 18.7. The third-order valence-electron chi connectivity index (χ3n) is 5.32. The fourth-order valence-corrected chi connectivity index (χ4v) is 3.53. The zero-order valence-electron chi connectivity index (χ0n) is 15.1. The van der Waals surface area contributed by atoms with E-state index in [1.807, 2.05) is 6.07 Å². The summed E-state index contributed by atoms with van der Waals surface area (Å²) >= 11 is 0. The molecule has 3 amide bonds. The lowest BCUT2D eigenvalue weighted by Gasteiger charge is -2.33. The Balaban J connectivity index is 1.65. The fraction of sp³-hybridized carbons (Fsp3) is 0.474. The Morgan fingerprint density at radius 2 is 2.00 bits per heavy atom. The van der Waals surface area contributed by atoms with Crippen molar-refractivity contribution in [1.29, 1.82) is 5.26 Å². The van der Waals surface area contributed by atoms with Crippen molar-refractivity contribution in [2.75, 3.05) is 24.5 Å². The van der Waals surface area contributed by atoms with Crippen LogP contribution in [0.15, 0.2) is 24.3 Å². The summed E-state index contributed by atoms with van der Waals surface area (Å²) in [6.45, 7) is 2.67. The van der Waals surface area contributed by atoms with Crippen molar-refractivity contribution in [3.63, 3.8) is 0 Å². The highest BCUT2D eigenvalue weighted by molar-refractivity contribution is 5.99. The molecule has 2 saturated heterocycles. The molecule has 0 aromatic heterocycles. The molecule has 0 radical (unpaired) electrons. The van der Waals surface area contributed by atoms with Crippen molar-refractivity contribution in [2.45, 2.75) is 32.2 Å². The van der Waals surface area contributed by atoms with E-state index in [0.717, 1.165) is 6.42 Å². The molecule has 27 heavy (non-hydrogen) atoms. The van der Waals surface area contributed by atoms with E-state index >= 15 is 0 Å². The van der Waals surface area contributed by atoms with Gasteiger partial charge in [0.15, 0.2) is 0 Å². The smallest absolute Gasteiger partial charge is 0.318 e. The summed E-state index contributed by atoms with van der Waals surface area (Å²) in [7, 11) is 0. The fourth-order valence-electron chi connectivity index (χ4n) is 3.53. The number of nitriles is 1. The van der Waals surface area contributed by atoms with E-state index in [0.29, 0.717) is 37.2 Å². The van der Waals surface area contributed by atoms with Gasteiger partial charge in [0.1, 0.15) is 6.04 Å². The Hall–Kier alpha value is -3.08. The number of amides is 3. The molecule has 3 rings (SSSR count). The van der Waals surface area contributed by atoms with Crippen LogP contribution in [-0.2, 0) is 9.59 Å². The zero-order valence-corrected chi connectivity index (χ0v) is 15.1. The van der Waals surface area contributed by atoms with Crippen LogP contribution in [0.25, 0.3) is 0 Å². The van der Waals surface area contributed by atoms with Gasteiger partial charge in [-0.25, -0.2) is 4.79 Å². The van der Waals surface area contributed by atoms with Gasteiger partial charge in [-0.2, -0.15) is 5.26 Å². The van der Waals surface area contributed by atoms with Crippen molar-refractivity contribution >= 4 is 23.6 Å². The van der Waals surface area contributed by atoms with Crippen LogP contribution in [0.3, 0.4) is 0 Å². The van der Waals surface area contributed by atoms with E-state index in [2.05, 4.69) is 5.32 Å². The summed E-state index contributed by atoms with van der Waals surface area (Å²) in [5, 5.41) is 20.9. The molecule has 2 fully saturated rings. The van der Waals surface area contributed by atoms with E-state index < -0.39 is 23.5 Å². The maximum absolute atomic E-state index is 12.8. The number of carbonyl (C=O) groups excluding carboxylic acids is 2. The summed E-state index contributed by atoms with van der Waals surface area (Å²) < 4.78 is 0. The van der Waals surface area contributed by atoms with Gasteiger partial charge in [-0.3, -0.25) is 9.59 Å². The van der Waals surface area contributed by atoms with Crippen molar-refractivity contribution in [3.05, 3.63) is 29.8 Å². The van der Waals surface area contributed by atoms with Gasteiger partial charge in [0, 0.05) is 25.3 Å². The molecule has 8 heteroatoms. The topological polar surface area (TPSA) is 114 Å². The van der Waals surface area contributed by atoms with E-state index in [1.54, 1.807) is 36.1 Å². The van der Waals surface area contributed by atoms with Crippen molar-refractivity contribution in [2.24, 2.45) is 5.41 Å². The molecule has 2 heterocycles. The van der Waals surface area contributed by atoms with Crippen LogP contribution >= 0.6 is 0 Å². The van der Waals surface area contributed by atoms with Gasteiger partial charge in [0.2, 0.25) is 5.91 Å². The summed E-state index contributed by atoms with van der Waals surface area (Å²) in [4.78, 5) is 39.7. The number of piperidine rings is 1. The molecule has 142 valence electrons. The van der Waals surface area contributed by atoms with Crippen LogP contribution in [0, 0.1) is 16.7 Å². The minimum absolute atomic E-state index is 0.133. The van der Waals surface area contributed by atoms with Crippen LogP contribution < -0.4 is 10.2 Å². The predicted octanol–water partition coefficient (Wildman–Crippen LogP) is 1.56. The lowest BCUT2D eigenvalue weighted by molar-refractivity contribution is -0.147. The lowest BCUT2D eigenvalue weighted by Crippen LogP contribution is -2.55. The standard InChI is InChI=1S/C19H22N4O4/c1-19(17(25)26)8-10-22(12-19)18(27)21-15-3-2-9-23(16(15)24)14-6-4-13(11-20)5-7-14/h4-7,15H,2-3,8-10,12H2,1H3,(H,21,27)(H,25,26). The van der Waals surface area contributed by atoms with Crippen molar-refractivity contribution in [3.8, 4) is 6.07 Å². The van der Waals surface area contributed by atoms with Crippen LogP contribution in [0.2, 0.25) is 0 Å². The molecule has 1 aromatic carbocycles. The van der Waals surface area contributed by atoms with Crippen LogP contribution in [0.1, 0.15) is 31.7 Å². The monoisotopic (exact) mass is 370 g/mol. The first-order valence-corrected chi connectivity index (χ1v) is 8.94. The number of nitrogens with one attached hydrogen (secondary N) is 1. The molecule has 2 atom stereocenters. The number of likely N-dealkylation sites (tertiary alicyclic amines) is 1. The second-order valence-corrected chi connectivity index (χ2v) is 7.33. The number of benzene rings is 1. The first-order valence-electron chi connectivity index (χ1n) is 8.94. The Bertz CT molecular complexity index is 801. The normalized spacial score (nSPS) is 25.2. The van der Waals surface area contributed by atoms with Crippen LogP contribution in [-0.4, -0.2) is 53.6 Å². The molecule has 2 aliphatic rings. The Morgan fingerprint density at radius 1 is 1.30 bits per heavy atom. The minimum Gasteiger partial charge on any atom is -0.481 e. The molecular weight excluding hydrogens is 348 g/mol. The van der Waals surface area contributed by atoms with Crippen LogP contribution in [0.5, 0.6) is 0 Å². The number of carboxylic acid groups (broad SMARTS) is 1. The van der Waals surface area contributed by atoms with Gasteiger partial charge in [-0.1, -0.05) is 0 Å². The number of anilines is 1. The van der Waals surface area contributed by atoms with Gasteiger partial charge in [-0.15, -0.1) is 0 Å². The number of hydrogen-bond acceptors (Lipinski definition) is 4. The Morgan fingerprint density at radius 3 is 2.59 bits per heavy atom. The first-order chi connectivity index (χ1) is 12.8. The maximum Gasteiger partial charge on any atom is 0.318 e. The highest BCUT2D eigenvalue weighted by Crippen LogP contribution is 2.30. The molecule has 0 spiro atoms. The zero-order chi connectivity index (χ0) is 19.6. The molecule has 2 aliphatic heterocycles. The number of urea groups is 1. The van der Waals surface area contributed by atoms with Gasteiger partial charge in [0.05, 0.1) is 17.0 Å². The maximum atomic E-state index is 12.8. The number of aliphatic carboxylic acids is 1. The predicted molar refractivity (Wildman–Crippen MR) is 97.0 cm³/mol. The summed E-state index contributed by atoms with van der Waals surface area (Å²) in [5.41, 5.74) is 0.267. The van der Waals surface area contributed by atoms with E-state index in [9.17, 15) is 19.5 Å². The summed E-state index contributed by atoms with van der Waals surface area (Å²) in [6.07, 6.45) is 1.68. The van der Waals surface area contributed by atoms with Crippen LogP contribution in [0.4, 0.5) is 10.5 Å². The largest absolute Gasteiger partial charge is 0.481 e. The van der Waals surface area contributed by atoms with E-state index in [4.69, 9.17) is 5.26 Å². The molecule has 0 saturated carbocycles.